The van der Waals surface area contributed by atoms with Gasteiger partial charge in [-0.1, -0.05) is 51.1 Å². The second-order valence-electron chi connectivity index (χ2n) is 5.91. The summed E-state index contributed by atoms with van der Waals surface area (Å²) >= 11 is 0. The first-order chi connectivity index (χ1) is 11.4. The molecule has 130 valence electrons. The molecule has 0 aromatic heterocycles. The van der Waals surface area contributed by atoms with Crippen molar-refractivity contribution in [3.63, 3.8) is 0 Å². The monoisotopic (exact) mass is 331 g/mol. The fraction of sp³-hybridized carbons (Fsp3) is 0.500. The third kappa shape index (κ3) is 2.71. The molecule has 2 atom stereocenters. The SMILES string of the molecule is CCN(CC)C(C)N1C(=O)NC(=O)C(CC)(c2ccccc2)C1=O. The van der Waals surface area contributed by atoms with Crippen LogP contribution in [0.15, 0.2) is 30.3 Å². The summed E-state index contributed by atoms with van der Waals surface area (Å²) in [7, 11) is 0. The molecule has 0 aliphatic carbocycles. The molecule has 2 unspecified atom stereocenters. The van der Waals surface area contributed by atoms with Crippen LogP contribution in [0.4, 0.5) is 4.79 Å². The first-order valence-electron chi connectivity index (χ1n) is 8.42. The molecule has 1 aliphatic rings. The minimum absolute atomic E-state index is 0.288. The molecule has 1 aromatic carbocycles. The van der Waals surface area contributed by atoms with Crippen LogP contribution in [0.2, 0.25) is 0 Å². The number of urea groups is 1. The quantitative estimate of drug-likeness (QED) is 0.811. The Labute approximate surface area is 142 Å². The van der Waals surface area contributed by atoms with Gasteiger partial charge in [0.05, 0.1) is 6.17 Å². The zero-order chi connectivity index (χ0) is 17.9. The Hall–Kier alpha value is -2.21. The Bertz CT molecular complexity index is 628. The highest BCUT2D eigenvalue weighted by atomic mass is 16.2. The number of carbonyl (C=O) groups excluding carboxylic acids is 3. The molecule has 0 spiro atoms. The summed E-state index contributed by atoms with van der Waals surface area (Å²) in [6.07, 6.45) is -0.133. The Morgan fingerprint density at radius 1 is 1.08 bits per heavy atom. The standard InChI is InChI=1S/C18H25N3O3/c1-5-18(14-11-9-8-10-12-14)15(22)19-17(24)21(16(18)23)13(4)20(6-2)7-3/h8-13H,5-7H2,1-4H3,(H,19,22,24). The van der Waals surface area contributed by atoms with Crippen molar-refractivity contribution < 1.29 is 14.4 Å². The number of amides is 4. The van der Waals surface area contributed by atoms with Crippen molar-refractivity contribution in [2.75, 3.05) is 13.1 Å². The lowest BCUT2D eigenvalue weighted by molar-refractivity contribution is -0.149. The van der Waals surface area contributed by atoms with E-state index in [-0.39, 0.29) is 6.42 Å². The van der Waals surface area contributed by atoms with Crippen LogP contribution in [0, 0.1) is 0 Å². The van der Waals surface area contributed by atoms with E-state index in [0.717, 1.165) is 0 Å². The molecule has 6 nitrogen and oxygen atoms in total. The molecule has 6 heteroatoms. The number of carbonyl (C=O) groups is 3. The molecule has 0 radical (unpaired) electrons. The summed E-state index contributed by atoms with van der Waals surface area (Å²) in [6.45, 7) is 8.95. The van der Waals surface area contributed by atoms with Crippen LogP contribution in [0.1, 0.15) is 39.7 Å². The largest absolute Gasteiger partial charge is 0.332 e. The predicted molar refractivity (Wildman–Crippen MR) is 91.2 cm³/mol. The molecule has 0 saturated carbocycles. The second-order valence-corrected chi connectivity index (χ2v) is 5.91. The summed E-state index contributed by atoms with van der Waals surface area (Å²) < 4.78 is 0. The van der Waals surface area contributed by atoms with Crippen LogP contribution in [0.5, 0.6) is 0 Å². The van der Waals surface area contributed by atoms with Gasteiger partial charge < -0.3 is 0 Å². The smallest absolute Gasteiger partial charge is 0.284 e. The van der Waals surface area contributed by atoms with Crippen molar-refractivity contribution in [3.8, 4) is 0 Å². The lowest BCUT2D eigenvalue weighted by atomic mass is 9.74. The van der Waals surface area contributed by atoms with Gasteiger partial charge in [-0.2, -0.15) is 0 Å². The van der Waals surface area contributed by atoms with Crippen LogP contribution >= 0.6 is 0 Å². The van der Waals surface area contributed by atoms with E-state index in [0.29, 0.717) is 18.7 Å². The highest BCUT2D eigenvalue weighted by Crippen LogP contribution is 2.34. The fourth-order valence-electron chi connectivity index (χ4n) is 3.41. The topological polar surface area (TPSA) is 69.7 Å². The Balaban J connectivity index is 2.52. The van der Waals surface area contributed by atoms with E-state index in [4.69, 9.17) is 0 Å². The Kier molecular flexibility index (Phi) is 5.39. The van der Waals surface area contributed by atoms with Crippen molar-refractivity contribution in [1.82, 2.24) is 15.1 Å². The number of hydrogen-bond donors (Lipinski definition) is 1. The summed E-state index contributed by atoms with van der Waals surface area (Å²) in [5.41, 5.74) is -0.754. The molecular formula is C18H25N3O3. The average molecular weight is 331 g/mol. The number of barbiturate groups is 1. The molecule has 1 aromatic rings. The van der Waals surface area contributed by atoms with Gasteiger partial charge in [0.2, 0.25) is 5.91 Å². The van der Waals surface area contributed by atoms with Crippen LogP contribution in [-0.2, 0) is 15.0 Å². The van der Waals surface area contributed by atoms with Gasteiger partial charge in [-0.15, -0.1) is 0 Å². The maximum absolute atomic E-state index is 13.3. The first kappa shape index (κ1) is 18.1. The van der Waals surface area contributed by atoms with Crippen molar-refractivity contribution in [1.29, 1.82) is 0 Å². The number of nitrogens with zero attached hydrogens (tertiary/aromatic N) is 2. The Morgan fingerprint density at radius 2 is 1.67 bits per heavy atom. The molecule has 1 fully saturated rings. The van der Waals surface area contributed by atoms with Crippen molar-refractivity contribution in [2.24, 2.45) is 0 Å². The third-order valence-electron chi connectivity index (χ3n) is 4.92. The van der Waals surface area contributed by atoms with Gasteiger partial charge in [0.25, 0.3) is 5.91 Å². The minimum atomic E-state index is -1.36. The number of benzene rings is 1. The summed E-state index contributed by atoms with van der Waals surface area (Å²) in [4.78, 5) is 41.5. The van der Waals surface area contributed by atoms with E-state index in [1.807, 2.05) is 31.7 Å². The van der Waals surface area contributed by atoms with Gasteiger partial charge in [0.15, 0.2) is 5.41 Å². The van der Waals surface area contributed by atoms with Crippen molar-refractivity contribution in [2.45, 2.75) is 45.7 Å². The molecule has 4 amide bonds. The molecule has 1 heterocycles. The number of nitrogens with one attached hydrogen (secondary N) is 1. The number of rotatable bonds is 6. The van der Waals surface area contributed by atoms with E-state index in [1.165, 1.54) is 4.90 Å². The lowest BCUT2D eigenvalue weighted by Crippen LogP contribution is -2.69. The van der Waals surface area contributed by atoms with Gasteiger partial charge in [0.1, 0.15) is 0 Å². The van der Waals surface area contributed by atoms with Crippen LogP contribution in [0.3, 0.4) is 0 Å². The van der Waals surface area contributed by atoms with Crippen LogP contribution in [-0.4, -0.2) is 46.9 Å². The van der Waals surface area contributed by atoms with Gasteiger partial charge in [-0.25, -0.2) is 9.69 Å². The maximum atomic E-state index is 13.3. The fourth-order valence-corrected chi connectivity index (χ4v) is 3.41. The summed E-state index contributed by atoms with van der Waals surface area (Å²) in [5, 5.41) is 2.38. The molecular weight excluding hydrogens is 306 g/mol. The maximum Gasteiger partial charge on any atom is 0.332 e. The van der Waals surface area contributed by atoms with E-state index in [1.54, 1.807) is 31.2 Å². The van der Waals surface area contributed by atoms with E-state index in [2.05, 4.69) is 5.32 Å². The number of hydrogen-bond acceptors (Lipinski definition) is 4. The van der Waals surface area contributed by atoms with Gasteiger partial charge in [-0.3, -0.25) is 19.8 Å². The zero-order valence-electron chi connectivity index (χ0n) is 14.7. The molecule has 0 bridgehead atoms. The third-order valence-corrected chi connectivity index (χ3v) is 4.92. The van der Waals surface area contributed by atoms with Crippen LogP contribution in [0.25, 0.3) is 0 Å². The minimum Gasteiger partial charge on any atom is -0.284 e. The second kappa shape index (κ2) is 7.13. The summed E-state index contributed by atoms with van der Waals surface area (Å²) in [5.74, 6) is -1.00. The van der Waals surface area contributed by atoms with Gasteiger partial charge >= 0.3 is 6.03 Å². The van der Waals surface area contributed by atoms with E-state index < -0.39 is 29.4 Å². The first-order valence-corrected chi connectivity index (χ1v) is 8.42. The predicted octanol–water partition coefficient (Wildman–Crippen LogP) is 2.10. The normalized spacial score (nSPS) is 22.7. The molecule has 1 aliphatic heterocycles. The number of imide groups is 2. The lowest BCUT2D eigenvalue weighted by Gasteiger charge is -2.44. The van der Waals surface area contributed by atoms with Gasteiger partial charge in [0, 0.05) is 0 Å². The molecule has 1 N–H and O–H groups in total. The molecule has 2 rings (SSSR count). The highest BCUT2D eigenvalue weighted by molar-refractivity contribution is 6.22. The van der Waals surface area contributed by atoms with E-state index in [9.17, 15) is 14.4 Å². The summed E-state index contributed by atoms with van der Waals surface area (Å²) in [6, 6.07) is 8.29. The molecule has 24 heavy (non-hydrogen) atoms. The molecule has 1 saturated heterocycles. The van der Waals surface area contributed by atoms with Crippen molar-refractivity contribution >= 4 is 17.8 Å². The van der Waals surface area contributed by atoms with Gasteiger partial charge in [-0.05, 0) is 32.0 Å². The highest BCUT2D eigenvalue weighted by Gasteiger charge is 2.55. The van der Waals surface area contributed by atoms with Crippen LogP contribution < -0.4 is 5.32 Å². The zero-order valence-corrected chi connectivity index (χ0v) is 14.7. The van der Waals surface area contributed by atoms with Crippen molar-refractivity contribution in [3.05, 3.63) is 35.9 Å². The average Bonchev–Trinajstić information content (AvgIpc) is 2.57. The van der Waals surface area contributed by atoms with E-state index >= 15 is 0 Å². The Morgan fingerprint density at radius 3 is 2.17 bits per heavy atom.